The second kappa shape index (κ2) is 12.1. The number of alkyl carbamates (subject to hydrolysis) is 1. The van der Waals surface area contributed by atoms with E-state index in [0.29, 0.717) is 24.9 Å². The van der Waals surface area contributed by atoms with Crippen LogP contribution in [0, 0.1) is 11.8 Å². The van der Waals surface area contributed by atoms with Gasteiger partial charge in [0.2, 0.25) is 11.8 Å². The van der Waals surface area contributed by atoms with Gasteiger partial charge in [0.25, 0.3) is 0 Å². The van der Waals surface area contributed by atoms with Gasteiger partial charge in [-0.25, -0.2) is 9.59 Å². The molecule has 0 spiro atoms. The summed E-state index contributed by atoms with van der Waals surface area (Å²) in [5.74, 6) is -2.71. The molecule has 1 aliphatic carbocycles. The number of benzene rings is 2. The summed E-state index contributed by atoms with van der Waals surface area (Å²) in [6.07, 6.45) is 2.33. The maximum Gasteiger partial charge on any atom is 0.407 e. The molecular formula is C31H39N3O6. The molecule has 2 aromatic carbocycles. The molecule has 1 saturated heterocycles. The number of nitrogens with one attached hydrogen (secondary N) is 1. The van der Waals surface area contributed by atoms with Gasteiger partial charge in [-0.3, -0.25) is 9.59 Å². The number of amides is 3. The van der Waals surface area contributed by atoms with E-state index < -0.39 is 41.4 Å². The summed E-state index contributed by atoms with van der Waals surface area (Å²) in [5.41, 5.74) is 6.96. The molecule has 0 radical (unpaired) electrons. The predicted octanol–water partition coefficient (Wildman–Crippen LogP) is 4.28. The van der Waals surface area contributed by atoms with Crippen LogP contribution in [0.5, 0.6) is 0 Å². The molecule has 9 heteroatoms. The van der Waals surface area contributed by atoms with Gasteiger partial charge in [-0.1, -0.05) is 48.5 Å². The first kappa shape index (κ1) is 29.1. The maximum absolute atomic E-state index is 13.9. The Morgan fingerprint density at radius 3 is 2.20 bits per heavy atom. The summed E-state index contributed by atoms with van der Waals surface area (Å²) in [6, 6.07) is 15.3. The van der Waals surface area contributed by atoms with Gasteiger partial charge in [-0.05, 0) is 69.6 Å². The van der Waals surface area contributed by atoms with Crippen LogP contribution in [0.4, 0.5) is 4.79 Å². The summed E-state index contributed by atoms with van der Waals surface area (Å²) in [6.45, 7) is 6.13. The number of carbonyl (C=O) groups excluding carboxylic acids is 3. The molecule has 4 rings (SSSR count). The van der Waals surface area contributed by atoms with E-state index in [4.69, 9.17) is 10.5 Å². The second-order valence-electron chi connectivity index (χ2n) is 11.9. The molecule has 1 heterocycles. The Labute approximate surface area is 235 Å². The fraction of sp³-hybridized carbons (Fsp3) is 0.484. The third-order valence-electron chi connectivity index (χ3n) is 7.98. The molecule has 1 saturated carbocycles. The number of primary amides is 1. The van der Waals surface area contributed by atoms with Crippen LogP contribution in [0.1, 0.15) is 79.8 Å². The zero-order valence-electron chi connectivity index (χ0n) is 23.3. The van der Waals surface area contributed by atoms with Crippen molar-refractivity contribution in [1.29, 1.82) is 0 Å². The number of ether oxygens (including phenoxy) is 1. The number of carboxylic acids is 1. The highest BCUT2D eigenvalue weighted by molar-refractivity contribution is 5.92. The van der Waals surface area contributed by atoms with E-state index in [1.54, 1.807) is 29.2 Å². The van der Waals surface area contributed by atoms with Crippen LogP contribution in [-0.4, -0.2) is 58.6 Å². The monoisotopic (exact) mass is 549 g/mol. The number of carbonyl (C=O) groups is 4. The van der Waals surface area contributed by atoms with Crippen LogP contribution in [-0.2, 0) is 14.3 Å². The first-order valence-electron chi connectivity index (χ1n) is 13.9. The Hall–Kier alpha value is -3.88. The Morgan fingerprint density at radius 1 is 0.975 bits per heavy atom. The van der Waals surface area contributed by atoms with Crippen molar-refractivity contribution in [3.05, 3.63) is 71.3 Å². The molecule has 4 N–H and O–H groups in total. The van der Waals surface area contributed by atoms with E-state index in [2.05, 4.69) is 5.32 Å². The number of hydrogen-bond acceptors (Lipinski definition) is 5. The zero-order chi connectivity index (χ0) is 29.0. The minimum Gasteiger partial charge on any atom is -0.478 e. The van der Waals surface area contributed by atoms with Crippen LogP contribution < -0.4 is 11.1 Å². The molecular weight excluding hydrogens is 510 g/mol. The van der Waals surface area contributed by atoms with Crippen molar-refractivity contribution >= 4 is 23.9 Å². The standard InChI is InChI=1S/C31H39N3O6/c1-31(2,3)40-30(39)33-17-19-13-15-21(16-14-19)28(36)34-18-24(22-11-7-8-12-23(22)29(37)38)25(26(34)27(32)35)20-9-5-4-6-10-20/h4-12,19,21,24-26H,13-18H2,1-3H3,(H2,32,35)(H,33,39)(H,37,38)/t19-,21-,24?,25-,26-/m1/s1. The number of carboxylic acid groups (broad SMARTS) is 1. The Balaban J connectivity index is 1.53. The summed E-state index contributed by atoms with van der Waals surface area (Å²) < 4.78 is 5.31. The van der Waals surface area contributed by atoms with Gasteiger partial charge in [0, 0.05) is 30.8 Å². The van der Waals surface area contributed by atoms with Gasteiger partial charge >= 0.3 is 12.1 Å². The fourth-order valence-electron chi connectivity index (χ4n) is 6.20. The Bertz CT molecular complexity index is 1230. The fourth-order valence-corrected chi connectivity index (χ4v) is 6.20. The topological polar surface area (TPSA) is 139 Å². The van der Waals surface area contributed by atoms with E-state index in [1.807, 2.05) is 51.1 Å². The first-order valence-corrected chi connectivity index (χ1v) is 13.9. The Kier molecular flexibility index (Phi) is 8.81. The van der Waals surface area contributed by atoms with Crippen molar-refractivity contribution in [2.75, 3.05) is 13.1 Å². The van der Waals surface area contributed by atoms with Crippen LogP contribution in [0.25, 0.3) is 0 Å². The van der Waals surface area contributed by atoms with Crippen molar-refractivity contribution in [1.82, 2.24) is 10.2 Å². The van der Waals surface area contributed by atoms with Crippen molar-refractivity contribution in [3.8, 4) is 0 Å². The molecule has 3 amide bonds. The van der Waals surface area contributed by atoms with Gasteiger partial charge in [0.1, 0.15) is 11.6 Å². The lowest BCUT2D eigenvalue weighted by Crippen LogP contribution is -2.48. The number of likely N-dealkylation sites (tertiary alicyclic amines) is 1. The van der Waals surface area contributed by atoms with Crippen molar-refractivity contribution in [2.45, 2.75) is 69.9 Å². The minimum atomic E-state index is -1.05. The second-order valence-corrected chi connectivity index (χ2v) is 11.9. The summed E-state index contributed by atoms with van der Waals surface area (Å²) in [5, 5.41) is 12.7. The van der Waals surface area contributed by atoms with E-state index in [-0.39, 0.29) is 29.9 Å². The van der Waals surface area contributed by atoms with Crippen LogP contribution >= 0.6 is 0 Å². The number of nitrogens with two attached hydrogens (primary N) is 1. The SMILES string of the molecule is CC(C)(C)OC(=O)NC[C@H]1CC[C@H](C(=O)N2CC(c3ccccc3C(=O)O)[C@@H](c3ccccc3)[C@@H]2C(N)=O)CC1. The van der Waals surface area contributed by atoms with Crippen molar-refractivity contribution in [3.63, 3.8) is 0 Å². The number of aromatic carboxylic acids is 1. The molecule has 9 nitrogen and oxygen atoms in total. The average Bonchev–Trinajstić information content (AvgIpc) is 3.32. The molecule has 1 unspecified atom stereocenters. The highest BCUT2D eigenvalue weighted by atomic mass is 16.6. The molecule has 2 aliphatic rings. The molecule has 0 aromatic heterocycles. The largest absolute Gasteiger partial charge is 0.478 e. The smallest absolute Gasteiger partial charge is 0.407 e. The summed E-state index contributed by atoms with van der Waals surface area (Å²) in [4.78, 5) is 52.6. The molecule has 2 fully saturated rings. The molecule has 2 aromatic rings. The third kappa shape index (κ3) is 6.63. The summed E-state index contributed by atoms with van der Waals surface area (Å²) in [7, 11) is 0. The summed E-state index contributed by atoms with van der Waals surface area (Å²) >= 11 is 0. The molecule has 40 heavy (non-hydrogen) atoms. The minimum absolute atomic E-state index is 0.126. The van der Waals surface area contributed by atoms with Crippen molar-refractivity contribution in [2.24, 2.45) is 17.6 Å². The van der Waals surface area contributed by atoms with E-state index in [0.717, 1.165) is 18.4 Å². The molecule has 3 atom stereocenters. The highest BCUT2D eigenvalue weighted by Gasteiger charge is 2.50. The lowest BCUT2D eigenvalue weighted by molar-refractivity contribution is -0.142. The van der Waals surface area contributed by atoms with Crippen molar-refractivity contribution < 1.29 is 29.0 Å². The molecule has 1 aliphatic heterocycles. The average molecular weight is 550 g/mol. The highest BCUT2D eigenvalue weighted by Crippen LogP contribution is 2.46. The van der Waals surface area contributed by atoms with Gasteiger partial charge in [0.15, 0.2) is 0 Å². The first-order chi connectivity index (χ1) is 19.0. The van der Waals surface area contributed by atoms with Gasteiger partial charge < -0.3 is 25.8 Å². The van der Waals surface area contributed by atoms with Gasteiger partial charge in [0.05, 0.1) is 5.56 Å². The molecule has 0 bridgehead atoms. The van der Waals surface area contributed by atoms with E-state index in [1.165, 1.54) is 0 Å². The van der Waals surface area contributed by atoms with Gasteiger partial charge in [-0.15, -0.1) is 0 Å². The van der Waals surface area contributed by atoms with Gasteiger partial charge in [-0.2, -0.15) is 0 Å². The van der Waals surface area contributed by atoms with Crippen LogP contribution in [0.15, 0.2) is 54.6 Å². The lowest BCUT2D eigenvalue weighted by Gasteiger charge is -2.33. The lowest BCUT2D eigenvalue weighted by atomic mass is 9.78. The zero-order valence-corrected chi connectivity index (χ0v) is 23.3. The number of nitrogens with zero attached hydrogens (tertiary/aromatic N) is 1. The van der Waals surface area contributed by atoms with Crippen LogP contribution in [0.3, 0.4) is 0 Å². The van der Waals surface area contributed by atoms with Crippen LogP contribution in [0.2, 0.25) is 0 Å². The maximum atomic E-state index is 13.9. The Morgan fingerprint density at radius 2 is 1.60 bits per heavy atom. The number of hydrogen-bond donors (Lipinski definition) is 3. The normalized spacial score (nSPS) is 24.8. The van der Waals surface area contributed by atoms with E-state index in [9.17, 15) is 24.3 Å². The quantitative estimate of drug-likeness (QED) is 0.471. The van der Waals surface area contributed by atoms with E-state index >= 15 is 0 Å². The molecule has 214 valence electrons. The third-order valence-corrected chi connectivity index (χ3v) is 7.98. The predicted molar refractivity (Wildman–Crippen MR) is 150 cm³/mol. The number of rotatable bonds is 7.